The van der Waals surface area contributed by atoms with Gasteiger partial charge in [-0.25, -0.2) is 14.8 Å². The number of fused-ring (bicyclic) bond motifs is 1. The molecule has 2 heterocycles. The molecular formula is C16H12ClN5O2S. The fraction of sp³-hybridized carbons (Fsp3) is 0.188. The Hall–Kier alpha value is -2.63. The molecule has 0 aliphatic heterocycles. The van der Waals surface area contributed by atoms with Crippen molar-refractivity contribution in [1.82, 2.24) is 19.1 Å². The summed E-state index contributed by atoms with van der Waals surface area (Å²) in [5.74, 6) is 0.405. The second-order valence-corrected chi connectivity index (χ2v) is 6.55. The minimum atomic E-state index is -0.496. The van der Waals surface area contributed by atoms with E-state index in [-0.39, 0.29) is 16.8 Å². The number of nitriles is 1. The van der Waals surface area contributed by atoms with Gasteiger partial charge in [-0.1, -0.05) is 35.5 Å². The highest BCUT2D eigenvalue weighted by molar-refractivity contribution is 7.99. The largest absolute Gasteiger partial charge is 0.332 e. The van der Waals surface area contributed by atoms with E-state index in [1.807, 2.05) is 6.07 Å². The van der Waals surface area contributed by atoms with Gasteiger partial charge in [0.1, 0.15) is 10.4 Å². The van der Waals surface area contributed by atoms with Crippen LogP contribution >= 0.6 is 23.4 Å². The average Bonchev–Trinajstić information content (AvgIpc) is 2.62. The lowest BCUT2D eigenvalue weighted by molar-refractivity contribution is 0.703. The Morgan fingerprint density at radius 1 is 1.20 bits per heavy atom. The summed E-state index contributed by atoms with van der Waals surface area (Å²) in [4.78, 5) is 33.6. The van der Waals surface area contributed by atoms with Crippen LogP contribution in [0.2, 0.25) is 5.02 Å². The van der Waals surface area contributed by atoms with Gasteiger partial charge in [0, 0.05) is 19.7 Å². The lowest BCUT2D eigenvalue weighted by Crippen LogP contribution is -2.37. The highest BCUT2D eigenvalue weighted by Crippen LogP contribution is 2.29. The SMILES string of the molecule is Cn1c(=O)c2c(SCC#N)nc(-c3ccccc3Cl)nc2n(C)c1=O. The first kappa shape index (κ1) is 17.2. The van der Waals surface area contributed by atoms with Crippen LogP contribution in [0.4, 0.5) is 0 Å². The molecule has 0 unspecified atom stereocenters. The van der Waals surface area contributed by atoms with Gasteiger partial charge in [-0.3, -0.25) is 13.9 Å². The molecular weight excluding hydrogens is 362 g/mol. The van der Waals surface area contributed by atoms with Gasteiger partial charge in [-0.15, -0.1) is 0 Å². The molecule has 3 aromatic rings. The maximum atomic E-state index is 12.5. The summed E-state index contributed by atoms with van der Waals surface area (Å²) < 4.78 is 2.28. The van der Waals surface area contributed by atoms with Crippen molar-refractivity contribution < 1.29 is 0 Å². The smallest absolute Gasteiger partial charge is 0.280 e. The predicted octanol–water partition coefficient (Wildman–Crippen LogP) is 1.96. The number of thioether (sulfide) groups is 1. The van der Waals surface area contributed by atoms with E-state index in [1.54, 1.807) is 24.3 Å². The van der Waals surface area contributed by atoms with Crippen LogP contribution in [0.3, 0.4) is 0 Å². The summed E-state index contributed by atoms with van der Waals surface area (Å²) in [6, 6.07) is 9.04. The van der Waals surface area contributed by atoms with Gasteiger partial charge in [-0.05, 0) is 12.1 Å². The molecule has 0 saturated carbocycles. The van der Waals surface area contributed by atoms with E-state index in [1.165, 1.54) is 18.7 Å². The average molecular weight is 374 g/mol. The van der Waals surface area contributed by atoms with Crippen molar-refractivity contribution in [3.63, 3.8) is 0 Å². The Kier molecular flexibility index (Phi) is 4.61. The third kappa shape index (κ3) is 2.92. The number of aromatic nitrogens is 4. The molecule has 25 heavy (non-hydrogen) atoms. The fourth-order valence-electron chi connectivity index (χ4n) is 2.40. The van der Waals surface area contributed by atoms with Gasteiger partial charge in [0.25, 0.3) is 5.56 Å². The van der Waals surface area contributed by atoms with Gasteiger partial charge < -0.3 is 0 Å². The van der Waals surface area contributed by atoms with Gasteiger partial charge in [0.15, 0.2) is 11.5 Å². The number of aryl methyl sites for hydroxylation is 1. The summed E-state index contributed by atoms with van der Waals surface area (Å²) in [5.41, 5.74) is -0.196. The number of halogens is 1. The second kappa shape index (κ2) is 6.70. The molecule has 126 valence electrons. The maximum absolute atomic E-state index is 12.5. The monoisotopic (exact) mass is 373 g/mol. The molecule has 0 saturated heterocycles. The molecule has 0 bridgehead atoms. The summed E-state index contributed by atoms with van der Waals surface area (Å²) in [7, 11) is 2.93. The van der Waals surface area contributed by atoms with E-state index >= 15 is 0 Å². The van der Waals surface area contributed by atoms with E-state index < -0.39 is 11.2 Å². The molecule has 3 rings (SSSR count). The molecule has 0 radical (unpaired) electrons. The lowest BCUT2D eigenvalue weighted by atomic mass is 10.2. The second-order valence-electron chi connectivity index (χ2n) is 5.18. The molecule has 0 spiro atoms. The number of nitrogens with zero attached hydrogens (tertiary/aromatic N) is 5. The summed E-state index contributed by atoms with van der Waals surface area (Å²) >= 11 is 7.34. The Balaban J connectivity index is 2.44. The van der Waals surface area contributed by atoms with Crippen molar-refractivity contribution in [3.05, 3.63) is 50.1 Å². The molecule has 0 N–H and O–H groups in total. The number of hydrogen-bond acceptors (Lipinski definition) is 6. The number of rotatable bonds is 3. The Labute approximate surface area is 151 Å². The Bertz CT molecular complexity index is 1150. The highest BCUT2D eigenvalue weighted by Gasteiger charge is 2.18. The first-order valence-corrected chi connectivity index (χ1v) is 8.54. The minimum absolute atomic E-state index is 0.111. The lowest BCUT2D eigenvalue weighted by Gasteiger charge is -2.11. The van der Waals surface area contributed by atoms with Crippen molar-refractivity contribution in [2.45, 2.75) is 5.03 Å². The predicted molar refractivity (Wildman–Crippen MR) is 96.8 cm³/mol. The van der Waals surface area contributed by atoms with Crippen LogP contribution in [0.5, 0.6) is 0 Å². The van der Waals surface area contributed by atoms with Gasteiger partial charge in [0.2, 0.25) is 0 Å². The first-order chi connectivity index (χ1) is 12.0. The molecule has 0 aliphatic carbocycles. The Morgan fingerprint density at radius 3 is 2.60 bits per heavy atom. The van der Waals surface area contributed by atoms with Crippen molar-refractivity contribution >= 4 is 34.4 Å². The van der Waals surface area contributed by atoms with Gasteiger partial charge in [0.05, 0.1) is 16.8 Å². The fourth-order valence-corrected chi connectivity index (χ4v) is 3.29. The zero-order valence-corrected chi connectivity index (χ0v) is 14.9. The molecule has 0 amide bonds. The normalized spacial score (nSPS) is 10.8. The van der Waals surface area contributed by atoms with Gasteiger partial charge in [-0.2, -0.15) is 5.26 Å². The summed E-state index contributed by atoms with van der Waals surface area (Å²) in [6.07, 6.45) is 0. The van der Waals surface area contributed by atoms with Crippen molar-refractivity contribution in [2.24, 2.45) is 14.1 Å². The quantitative estimate of drug-likeness (QED) is 0.514. The molecule has 9 heteroatoms. The first-order valence-electron chi connectivity index (χ1n) is 7.18. The third-order valence-electron chi connectivity index (χ3n) is 3.65. The van der Waals surface area contributed by atoms with Crippen molar-refractivity contribution in [2.75, 3.05) is 5.75 Å². The maximum Gasteiger partial charge on any atom is 0.332 e. The molecule has 0 fully saturated rings. The number of hydrogen-bond donors (Lipinski definition) is 0. The van der Waals surface area contributed by atoms with E-state index in [0.29, 0.717) is 21.4 Å². The van der Waals surface area contributed by atoms with E-state index in [0.717, 1.165) is 16.3 Å². The van der Waals surface area contributed by atoms with Crippen molar-refractivity contribution in [1.29, 1.82) is 5.26 Å². The third-order valence-corrected chi connectivity index (χ3v) is 4.83. The standard InChI is InChI=1S/C16H12ClN5O2S/c1-21-13-11(15(23)22(2)16(21)24)14(25-8-7-18)20-12(19-13)9-5-3-4-6-10(9)17/h3-6H,8H2,1-2H3. The van der Waals surface area contributed by atoms with Gasteiger partial charge >= 0.3 is 5.69 Å². The van der Waals surface area contributed by atoms with E-state index in [9.17, 15) is 9.59 Å². The van der Waals surface area contributed by atoms with Crippen LogP contribution in [0.1, 0.15) is 0 Å². The topological polar surface area (TPSA) is 93.6 Å². The van der Waals surface area contributed by atoms with Crippen LogP contribution in [0.15, 0.2) is 38.9 Å². The van der Waals surface area contributed by atoms with Crippen LogP contribution in [-0.4, -0.2) is 24.9 Å². The van der Waals surface area contributed by atoms with Crippen LogP contribution < -0.4 is 11.2 Å². The Morgan fingerprint density at radius 2 is 1.92 bits per heavy atom. The molecule has 1 aromatic carbocycles. The molecule has 2 aromatic heterocycles. The van der Waals surface area contributed by atoms with Crippen LogP contribution in [0.25, 0.3) is 22.4 Å². The minimum Gasteiger partial charge on any atom is -0.280 e. The van der Waals surface area contributed by atoms with Crippen LogP contribution in [0, 0.1) is 11.3 Å². The number of benzene rings is 1. The molecule has 0 aliphatic rings. The van der Waals surface area contributed by atoms with Crippen molar-refractivity contribution in [3.8, 4) is 17.5 Å². The van der Waals surface area contributed by atoms with E-state index in [4.69, 9.17) is 16.9 Å². The summed E-state index contributed by atoms with van der Waals surface area (Å²) in [6.45, 7) is 0. The zero-order valence-electron chi connectivity index (χ0n) is 13.4. The highest BCUT2D eigenvalue weighted by atomic mass is 35.5. The zero-order chi connectivity index (χ0) is 18.1. The summed E-state index contributed by atoms with van der Waals surface area (Å²) in [5, 5.41) is 9.88. The molecule has 0 atom stereocenters. The van der Waals surface area contributed by atoms with E-state index in [2.05, 4.69) is 9.97 Å². The van der Waals surface area contributed by atoms with Crippen LogP contribution in [-0.2, 0) is 14.1 Å². The molecule has 7 nitrogen and oxygen atoms in total.